The van der Waals surface area contributed by atoms with E-state index in [1.807, 2.05) is 37.3 Å². The van der Waals surface area contributed by atoms with Crippen LogP contribution in [0.15, 0.2) is 41.5 Å². The molecule has 1 N–H and O–H groups in total. The molecule has 1 aliphatic heterocycles. The first-order valence-electron chi connectivity index (χ1n) is 8.74. The fourth-order valence-electron chi connectivity index (χ4n) is 2.83. The van der Waals surface area contributed by atoms with Crippen molar-refractivity contribution in [3.8, 4) is 5.75 Å². The van der Waals surface area contributed by atoms with E-state index in [2.05, 4.69) is 15.3 Å². The zero-order valence-electron chi connectivity index (χ0n) is 15.1. The molecule has 2 aromatic rings. The largest absolute Gasteiger partial charge is 0.497 e. The number of carbonyl (C=O) groups is 1. The molecule has 0 saturated carbocycles. The summed E-state index contributed by atoms with van der Waals surface area (Å²) in [5.41, 5.74) is 3.89. The smallest absolute Gasteiger partial charge is 0.226 e. The zero-order valence-corrected chi connectivity index (χ0v) is 15.1. The summed E-state index contributed by atoms with van der Waals surface area (Å²) >= 11 is 0. The average Bonchev–Trinajstić information content (AvgIpc) is 3.05. The van der Waals surface area contributed by atoms with Gasteiger partial charge in [-0.1, -0.05) is 12.1 Å². The molecule has 1 aliphatic rings. The van der Waals surface area contributed by atoms with Gasteiger partial charge in [0.2, 0.25) is 11.8 Å². The van der Waals surface area contributed by atoms with Crippen molar-refractivity contribution in [1.82, 2.24) is 10.3 Å². The Balaban J connectivity index is 1.48. The van der Waals surface area contributed by atoms with E-state index in [0.717, 1.165) is 34.6 Å². The van der Waals surface area contributed by atoms with E-state index in [4.69, 9.17) is 9.47 Å². The summed E-state index contributed by atoms with van der Waals surface area (Å²) in [6.45, 7) is 3.68. The third-order valence-corrected chi connectivity index (χ3v) is 4.19. The Morgan fingerprint density at radius 2 is 2.08 bits per heavy atom. The van der Waals surface area contributed by atoms with E-state index >= 15 is 0 Å². The molecule has 0 unspecified atom stereocenters. The number of aromatic nitrogens is 1. The van der Waals surface area contributed by atoms with Crippen molar-refractivity contribution >= 4 is 11.8 Å². The number of amides is 1. The maximum absolute atomic E-state index is 12.1. The first-order chi connectivity index (χ1) is 12.7. The third-order valence-electron chi connectivity index (χ3n) is 4.19. The number of carbonyl (C=O) groups excluding carboxylic acids is 1. The van der Waals surface area contributed by atoms with E-state index in [9.17, 15) is 4.79 Å². The molecule has 1 amide bonds. The van der Waals surface area contributed by atoms with E-state index in [1.165, 1.54) is 0 Å². The molecule has 1 aromatic carbocycles. The topological polar surface area (TPSA) is 72.8 Å². The maximum atomic E-state index is 12.1. The Kier molecular flexibility index (Phi) is 5.84. The minimum Gasteiger partial charge on any atom is -0.497 e. The molecule has 6 heteroatoms. The maximum Gasteiger partial charge on any atom is 0.226 e. The van der Waals surface area contributed by atoms with Crippen LogP contribution in [0.4, 0.5) is 0 Å². The van der Waals surface area contributed by atoms with E-state index in [-0.39, 0.29) is 12.3 Å². The van der Waals surface area contributed by atoms with Gasteiger partial charge in [0, 0.05) is 12.7 Å². The van der Waals surface area contributed by atoms with Gasteiger partial charge in [0.25, 0.3) is 0 Å². The van der Waals surface area contributed by atoms with Crippen LogP contribution in [0.1, 0.15) is 29.3 Å². The van der Waals surface area contributed by atoms with Crippen molar-refractivity contribution in [2.24, 2.45) is 4.99 Å². The van der Waals surface area contributed by atoms with Gasteiger partial charge in [-0.2, -0.15) is 0 Å². The zero-order chi connectivity index (χ0) is 18.4. The summed E-state index contributed by atoms with van der Waals surface area (Å²) in [4.78, 5) is 20.9. The summed E-state index contributed by atoms with van der Waals surface area (Å²) in [7, 11) is 1.64. The molecular formula is C20H23N3O3. The molecule has 0 bridgehead atoms. The molecule has 6 nitrogen and oxygen atoms in total. The lowest BCUT2D eigenvalue weighted by molar-refractivity contribution is -0.120. The number of rotatable bonds is 7. The van der Waals surface area contributed by atoms with Gasteiger partial charge in [-0.15, -0.1) is 0 Å². The fourth-order valence-corrected chi connectivity index (χ4v) is 2.83. The van der Waals surface area contributed by atoms with Crippen molar-refractivity contribution in [2.75, 3.05) is 20.3 Å². The van der Waals surface area contributed by atoms with Crippen LogP contribution < -0.4 is 10.1 Å². The number of hydrogen-bond acceptors (Lipinski definition) is 5. The summed E-state index contributed by atoms with van der Waals surface area (Å²) < 4.78 is 10.6. The van der Waals surface area contributed by atoms with E-state index < -0.39 is 0 Å². The van der Waals surface area contributed by atoms with Crippen LogP contribution in [-0.4, -0.2) is 37.1 Å². The average molecular weight is 353 g/mol. The van der Waals surface area contributed by atoms with E-state index in [1.54, 1.807) is 13.3 Å². The predicted octanol–water partition coefficient (Wildman–Crippen LogP) is 2.29. The first-order valence-corrected chi connectivity index (χ1v) is 8.74. The Morgan fingerprint density at radius 1 is 1.27 bits per heavy atom. The number of fused-ring (bicyclic) bond motifs is 1. The molecule has 0 aliphatic carbocycles. The van der Waals surface area contributed by atoms with Gasteiger partial charge in [-0.3, -0.25) is 9.78 Å². The van der Waals surface area contributed by atoms with Gasteiger partial charge in [0.15, 0.2) is 0 Å². The van der Waals surface area contributed by atoms with Gasteiger partial charge in [-0.25, -0.2) is 4.99 Å². The molecule has 1 aromatic heterocycles. The SMILES string of the molecule is CCOC1=NCc2cc(CC(=O)NCCc3ccc(OC)cc3)ncc21. The monoisotopic (exact) mass is 353 g/mol. The highest BCUT2D eigenvalue weighted by molar-refractivity contribution is 5.97. The lowest BCUT2D eigenvalue weighted by Gasteiger charge is -2.08. The normalized spacial score (nSPS) is 12.3. The molecule has 0 spiro atoms. The summed E-state index contributed by atoms with van der Waals surface area (Å²) in [5.74, 6) is 1.44. The Bertz CT molecular complexity index is 800. The van der Waals surface area contributed by atoms with Crippen LogP contribution in [-0.2, 0) is 28.9 Å². The number of hydrogen-bond donors (Lipinski definition) is 1. The second-order valence-corrected chi connectivity index (χ2v) is 6.01. The highest BCUT2D eigenvalue weighted by Gasteiger charge is 2.18. The second kappa shape index (κ2) is 8.47. The molecular weight excluding hydrogens is 330 g/mol. The lowest BCUT2D eigenvalue weighted by atomic mass is 10.1. The number of ether oxygens (including phenoxy) is 2. The Labute approximate surface area is 153 Å². The van der Waals surface area contributed by atoms with Crippen LogP contribution in [0, 0.1) is 0 Å². The van der Waals surface area contributed by atoms with Crippen LogP contribution in [0.5, 0.6) is 5.75 Å². The van der Waals surface area contributed by atoms with Gasteiger partial charge < -0.3 is 14.8 Å². The highest BCUT2D eigenvalue weighted by atomic mass is 16.5. The molecule has 0 saturated heterocycles. The molecule has 136 valence electrons. The second-order valence-electron chi connectivity index (χ2n) is 6.01. The van der Waals surface area contributed by atoms with Crippen LogP contribution in [0.3, 0.4) is 0 Å². The third kappa shape index (κ3) is 4.39. The quantitative estimate of drug-likeness (QED) is 0.829. The van der Waals surface area contributed by atoms with Gasteiger partial charge in [0.05, 0.1) is 37.9 Å². The minimum atomic E-state index is -0.0325. The predicted molar refractivity (Wildman–Crippen MR) is 99.5 cm³/mol. The Hall–Kier alpha value is -2.89. The number of methoxy groups -OCH3 is 1. The molecule has 0 atom stereocenters. The van der Waals surface area contributed by atoms with Gasteiger partial charge >= 0.3 is 0 Å². The van der Waals surface area contributed by atoms with Crippen molar-refractivity contribution < 1.29 is 14.3 Å². The number of benzene rings is 1. The van der Waals surface area contributed by atoms with Crippen molar-refractivity contribution in [1.29, 1.82) is 0 Å². The first kappa shape index (κ1) is 17.9. The van der Waals surface area contributed by atoms with Gasteiger partial charge in [0.1, 0.15) is 5.75 Å². The summed E-state index contributed by atoms with van der Waals surface area (Å²) in [6.07, 6.45) is 2.79. The molecule has 26 heavy (non-hydrogen) atoms. The van der Waals surface area contributed by atoms with Crippen molar-refractivity contribution in [2.45, 2.75) is 26.3 Å². The lowest BCUT2D eigenvalue weighted by Crippen LogP contribution is -2.27. The Morgan fingerprint density at radius 3 is 2.81 bits per heavy atom. The molecule has 0 radical (unpaired) electrons. The number of nitrogens with one attached hydrogen (secondary N) is 1. The standard InChI is InChI=1S/C20H23N3O3/c1-3-26-20-18-13-22-16(10-15(18)12-23-20)11-19(24)21-9-8-14-4-6-17(25-2)7-5-14/h4-7,10,13H,3,8-9,11-12H2,1-2H3,(H,21,24). The van der Waals surface area contributed by atoms with Crippen LogP contribution in [0.25, 0.3) is 0 Å². The number of aliphatic imine (C=N–C) groups is 1. The molecule has 0 fully saturated rings. The summed E-state index contributed by atoms with van der Waals surface area (Å²) in [6, 6.07) is 9.79. The van der Waals surface area contributed by atoms with Crippen molar-refractivity contribution in [3.05, 3.63) is 58.9 Å². The number of nitrogens with zero attached hydrogens (tertiary/aromatic N) is 2. The molecule has 2 heterocycles. The molecule has 3 rings (SSSR count). The fraction of sp³-hybridized carbons (Fsp3) is 0.350. The number of pyridine rings is 1. The summed E-state index contributed by atoms with van der Waals surface area (Å²) in [5, 5.41) is 2.94. The highest BCUT2D eigenvalue weighted by Crippen LogP contribution is 2.19. The van der Waals surface area contributed by atoms with E-state index in [0.29, 0.717) is 25.6 Å². The van der Waals surface area contributed by atoms with Gasteiger partial charge in [-0.05, 0) is 42.7 Å². The minimum absolute atomic E-state index is 0.0325. The van der Waals surface area contributed by atoms with Crippen LogP contribution in [0.2, 0.25) is 0 Å². The van der Waals surface area contributed by atoms with Crippen molar-refractivity contribution in [3.63, 3.8) is 0 Å². The van der Waals surface area contributed by atoms with Crippen LogP contribution >= 0.6 is 0 Å².